The van der Waals surface area contributed by atoms with Gasteiger partial charge in [0.1, 0.15) is 22.9 Å². The molecule has 0 aliphatic carbocycles. The smallest absolute Gasteiger partial charge is 0.248 e. The van der Waals surface area contributed by atoms with Crippen LogP contribution in [-0.4, -0.2) is 27.4 Å². The fraction of sp³-hybridized carbons (Fsp3) is 0.150. The van der Waals surface area contributed by atoms with Crippen molar-refractivity contribution >= 4 is 22.5 Å². The van der Waals surface area contributed by atoms with E-state index in [-0.39, 0.29) is 22.5 Å². The molecular weight excluding hydrogens is 366 g/mol. The van der Waals surface area contributed by atoms with Crippen molar-refractivity contribution in [2.24, 2.45) is 5.73 Å². The van der Waals surface area contributed by atoms with Crippen molar-refractivity contribution in [1.82, 2.24) is 14.4 Å². The number of benzene rings is 2. The molecule has 0 spiro atoms. The number of nitrogens with two attached hydrogens (primary N) is 1. The summed E-state index contributed by atoms with van der Waals surface area (Å²) in [5.41, 5.74) is 7.79. The van der Waals surface area contributed by atoms with Gasteiger partial charge in [0, 0.05) is 17.7 Å². The van der Waals surface area contributed by atoms with Gasteiger partial charge in [0.05, 0.1) is 35.1 Å². The minimum atomic E-state index is -0.686. The largest absolute Gasteiger partial charge is 0.497 e. The van der Waals surface area contributed by atoms with Crippen molar-refractivity contribution in [2.45, 2.75) is 13.8 Å². The number of methoxy groups -OCH3 is 1. The molecule has 4 aromatic rings. The maximum atomic E-state index is 14.7. The third kappa shape index (κ3) is 2.57. The van der Waals surface area contributed by atoms with Crippen LogP contribution in [0.3, 0.4) is 0 Å². The Balaban J connectivity index is 2.20. The van der Waals surface area contributed by atoms with Crippen molar-refractivity contribution in [3.63, 3.8) is 0 Å². The number of aryl methyl sites for hydroxylation is 2. The van der Waals surface area contributed by atoms with E-state index in [1.165, 1.54) is 25.3 Å². The normalized spacial score (nSPS) is 11.3. The fourth-order valence-electron chi connectivity index (χ4n) is 3.40. The highest BCUT2D eigenvalue weighted by Crippen LogP contribution is 2.32. The van der Waals surface area contributed by atoms with Crippen molar-refractivity contribution in [2.75, 3.05) is 7.11 Å². The van der Waals surface area contributed by atoms with E-state index in [1.807, 2.05) is 0 Å². The first-order chi connectivity index (χ1) is 13.3. The number of hydrogen-bond acceptors (Lipinski definition) is 4. The Morgan fingerprint density at radius 2 is 1.79 bits per heavy atom. The Morgan fingerprint density at radius 3 is 2.46 bits per heavy atom. The predicted octanol–water partition coefficient (Wildman–Crippen LogP) is 3.55. The summed E-state index contributed by atoms with van der Waals surface area (Å²) in [6.07, 6.45) is 0. The number of primary amides is 1. The number of ether oxygens (including phenoxy) is 1. The monoisotopic (exact) mass is 382 g/mol. The minimum absolute atomic E-state index is 0.0783. The van der Waals surface area contributed by atoms with E-state index >= 15 is 0 Å². The highest BCUT2D eigenvalue weighted by Gasteiger charge is 2.21. The summed E-state index contributed by atoms with van der Waals surface area (Å²) >= 11 is 0. The third-order valence-corrected chi connectivity index (χ3v) is 4.66. The van der Waals surface area contributed by atoms with E-state index in [9.17, 15) is 13.6 Å². The number of rotatable bonds is 3. The molecular formula is C20H16F2N4O2. The van der Waals surface area contributed by atoms with Crippen LogP contribution >= 0.6 is 0 Å². The van der Waals surface area contributed by atoms with Gasteiger partial charge >= 0.3 is 0 Å². The molecule has 2 aromatic carbocycles. The number of carbonyl (C=O) groups excluding carboxylic acids is 1. The van der Waals surface area contributed by atoms with Gasteiger partial charge in [-0.15, -0.1) is 0 Å². The van der Waals surface area contributed by atoms with Crippen LogP contribution in [0.5, 0.6) is 5.75 Å². The summed E-state index contributed by atoms with van der Waals surface area (Å²) < 4.78 is 36.1. The van der Waals surface area contributed by atoms with Crippen molar-refractivity contribution in [1.29, 1.82) is 0 Å². The van der Waals surface area contributed by atoms with Crippen LogP contribution in [0.2, 0.25) is 0 Å². The van der Waals surface area contributed by atoms with Gasteiger partial charge in [-0.1, -0.05) is 0 Å². The van der Waals surface area contributed by atoms with Crippen LogP contribution in [0.25, 0.3) is 27.9 Å². The fourth-order valence-corrected chi connectivity index (χ4v) is 3.40. The van der Waals surface area contributed by atoms with Gasteiger partial charge < -0.3 is 10.5 Å². The van der Waals surface area contributed by atoms with E-state index in [0.29, 0.717) is 28.2 Å². The van der Waals surface area contributed by atoms with E-state index < -0.39 is 17.5 Å². The van der Waals surface area contributed by atoms with E-state index in [1.54, 1.807) is 24.3 Å². The summed E-state index contributed by atoms with van der Waals surface area (Å²) in [7, 11) is 1.43. The number of hydrogen-bond donors (Lipinski definition) is 1. The summed E-state index contributed by atoms with van der Waals surface area (Å²) in [6.45, 7) is 3.48. The van der Waals surface area contributed by atoms with Gasteiger partial charge in [0.25, 0.3) is 0 Å². The number of amides is 1. The molecule has 1 amide bonds. The second-order valence-electron chi connectivity index (χ2n) is 6.44. The molecule has 0 aliphatic rings. The predicted molar refractivity (Wildman–Crippen MR) is 100 cm³/mol. The molecule has 0 atom stereocenters. The summed E-state index contributed by atoms with van der Waals surface area (Å²) in [4.78, 5) is 20.4. The first-order valence-electron chi connectivity index (χ1n) is 8.44. The molecule has 0 aliphatic heterocycles. The Hall–Kier alpha value is -3.55. The zero-order valence-electron chi connectivity index (χ0n) is 15.4. The van der Waals surface area contributed by atoms with E-state index in [4.69, 9.17) is 10.5 Å². The molecule has 4 rings (SSSR count). The SMILES string of the molecule is COc1cc(F)c2nc(C)c3c(C)nc(-c4cc(C(N)=O)ccc4F)n3c2c1. The minimum Gasteiger partial charge on any atom is -0.497 e. The average molecular weight is 382 g/mol. The van der Waals surface area contributed by atoms with E-state index in [2.05, 4.69) is 9.97 Å². The molecule has 2 aromatic heterocycles. The van der Waals surface area contributed by atoms with Gasteiger partial charge in [-0.25, -0.2) is 18.7 Å². The quantitative estimate of drug-likeness (QED) is 0.587. The molecule has 0 unspecified atom stereocenters. The average Bonchev–Trinajstić information content (AvgIpc) is 3.00. The number of aromatic nitrogens is 3. The zero-order valence-corrected chi connectivity index (χ0v) is 15.4. The number of imidazole rings is 1. The molecule has 0 fully saturated rings. The van der Waals surface area contributed by atoms with Crippen molar-refractivity contribution in [3.8, 4) is 17.1 Å². The van der Waals surface area contributed by atoms with Crippen LogP contribution in [0.15, 0.2) is 30.3 Å². The molecule has 2 heterocycles. The van der Waals surface area contributed by atoms with Crippen molar-refractivity contribution < 1.29 is 18.3 Å². The topological polar surface area (TPSA) is 82.5 Å². The number of fused-ring (bicyclic) bond motifs is 3. The maximum Gasteiger partial charge on any atom is 0.248 e. The molecule has 0 saturated heterocycles. The van der Waals surface area contributed by atoms with E-state index in [0.717, 1.165) is 6.07 Å². The summed E-state index contributed by atoms with van der Waals surface area (Å²) in [5.74, 6) is -1.32. The molecule has 0 bridgehead atoms. The lowest BCUT2D eigenvalue weighted by Gasteiger charge is -2.11. The number of nitrogens with zero attached hydrogens (tertiary/aromatic N) is 3. The van der Waals surface area contributed by atoms with Gasteiger partial charge in [0.2, 0.25) is 5.91 Å². The van der Waals surface area contributed by atoms with Gasteiger partial charge in [0.15, 0.2) is 5.82 Å². The standard InChI is InChI=1S/C20H16F2N4O2/c1-9-18-10(2)25-20(13-6-11(19(23)27)4-5-14(13)21)26(18)16-8-12(28-3)7-15(22)17(16)24-9/h4-8H,1-3H3,(H2,23,27). The highest BCUT2D eigenvalue weighted by molar-refractivity contribution is 5.94. The second kappa shape index (κ2) is 6.26. The molecule has 0 radical (unpaired) electrons. The number of halogens is 2. The van der Waals surface area contributed by atoms with Crippen LogP contribution in [0, 0.1) is 25.5 Å². The third-order valence-electron chi connectivity index (χ3n) is 4.66. The molecule has 8 heteroatoms. The summed E-state index contributed by atoms with van der Waals surface area (Å²) in [6, 6.07) is 6.64. The number of carbonyl (C=O) groups is 1. The first kappa shape index (κ1) is 17.8. The maximum absolute atomic E-state index is 14.7. The molecule has 2 N–H and O–H groups in total. The lowest BCUT2D eigenvalue weighted by atomic mass is 10.1. The van der Waals surface area contributed by atoms with Gasteiger partial charge in [-0.05, 0) is 32.0 Å². The summed E-state index contributed by atoms with van der Waals surface area (Å²) in [5, 5.41) is 0. The van der Waals surface area contributed by atoms with Crippen LogP contribution in [0.4, 0.5) is 8.78 Å². The Labute approximate surface area is 158 Å². The van der Waals surface area contributed by atoms with Crippen LogP contribution < -0.4 is 10.5 Å². The van der Waals surface area contributed by atoms with Crippen molar-refractivity contribution in [3.05, 3.63) is 58.9 Å². The molecule has 0 saturated carbocycles. The molecule has 28 heavy (non-hydrogen) atoms. The first-order valence-corrected chi connectivity index (χ1v) is 8.44. The van der Waals surface area contributed by atoms with Crippen LogP contribution in [-0.2, 0) is 0 Å². The zero-order chi connectivity index (χ0) is 20.2. The second-order valence-corrected chi connectivity index (χ2v) is 6.44. The molecule has 6 nitrogen and oxygen atoms in total. The van der Waals surface area contributed by atoms with Gasteiger partial charge in [-0.3, -0.25) is 9.20 Å². The Kier molecular flexibility index (Phi) is 3.99. The molecule has 142 valence electrons. The lowest BCUT2D eigenvalue weighted by molar-refractivity contribution is 0.100. The van der Waals surface area contributed by atoms with Crippen LogP contribution in [0.1, 0.15) is 21.7 Å². The highest BCUT2D eigenvalue weighted by atomic mass is 19.1. The Bertz CT molecular complexity index is 1280. The Morgan fingerprint density at radius 1 is 1.07 bits per heavy atom. The lowest BCUT2D eigenvalue weighted by Crippen LogP contribution is -2.11. The van der Waals surface area contributed by atoms with Gasteiger partial charge in [-0.2, -0.15) is 0 Å².